The first-order chi connectivity index (χ1) is 8.32. The molecule has 0 aliphatic rings. The summed E-state index contributed by atoms with van der Waals surface area (Å²) in [5.41, 5.74) is 0.616. The van der Waals surface area contributed by atoms with Crippen molar-refractivity contribution in [3.8, 4) is 0 Å². The molecule has 5 nitrogen and oxygen atoms in total. The minimum Gasteiger partial charge on any atom is -0.358 e. The molecule has 0 aromatic heterocycles. The van der Waals surface area contributed by atoms with Gasteiger partial charge in [-0.15, -0.1) is 0 Å². The van der Waals surface area contributed by atoms with Crippen LogP contribution in [-0.4, -0.2) is 38.5 Å². The smallest absolute Gasteiger partial charge is 0.235 e. The average molecular weight is 274 g/mol. The van der Waals surface area contributed by atoms with Crippen molar-refractivity contribution in [2.75, 3.05) is 19.8 Å². The Balaban J connectivity index is 2.85. The van der Waals surface area contributed by atoms with E-state index in [0.717, 1.165) is 10.6 Å². The van der Waals surface area contributed by atoms with Crippen molar-refractivity contribution in [3.05, 3.63) is 35.6 Å². The van der Waals surface area contributed by atoms with Crippen LogP contribution in [0.1, 0.15) is 5.56 Å². The quantitative estimate of drug-likeness (QED) is 0.841. The lowest BCUT2D eigenvalue weighted by Gasteiger charge is -2.19. The predicted molar refractivity (Wildman–Crippen MR) is 65.7 cm³/mol. The van der Waals surface area contributed by atoms with Crippen molar-refractivity contribution in [2.45, 2.75) is 6.54 Å². The Bertz CT molecular complexity index is 514. The van der Waals surface area contributed by atoms with E-state index in [4.69, 9.17) is 0 Å². The third kappa shape index (κ3) is 4.42. The monoisotopic (exact) mass is 274 g/mol. The molecule has 0 saturated carbocycles. The number of carbonyl (C=O) groups is 1. The zero-order chi connectivity index (χ0) is 13.8. The normalized spacial score (nSPS) is 11.6. The Morgan fingerprint density at radius 3 is 2.33 bits per heavy atom. The number of nitrogens with zero attached hydrogens (tertiary/aromatic N) is 1. The number of halogens is 1. The van der Waals surface area contributed by atoms with Gasteiger partial charge in [0.05, 0.1) is 12.8 Å². The molecule has 0 bridgehead atoms. The molecular formula is C11H15FN2O3S. The van der Waals surface area contributed by atoms with Gasteiger partial charge < -0.3 is 5.32 Å². The predicted octanol–water partition coefficient (Wildman–Crippen LogP) is 0.333. The molecule has 1 amide bonds. The molecule has 18 heavy (non-hydrogen) atoms. The third-order valence-corrected chi connectivity index (χ3v) is 3.54. The van der Waals surface area contributed by atoms with Crippen LogP contribution < -0.4 is 5.32 Å². The highest BCUT2D eigenvalue weighted by molar-refractivity contribution is 7.88. The molecule has 0 unspecified atom stereocenters. The van der Waals surface area contributed by atoms with E-state index in [2.05, 4.69) is 5.32 Å². The lowest BCUT2D eigenvalue weighted by Crippen LogP contribution is -2.38. The van der Waals surface area contributed by atoms with Crippen LogP contribution in [0.15, 0.2) is 24.3 Å². The van der Waals surface area contributed by atoms with E-state index < -0.39 is 21.7 Å². The lowest BCUT2D eigenvalue weighted by molar-refractivity contribution is -0.120. The lowest BCUT2D eigenvalue weighted by atomic mass is 10.2. The van der Waals surface area contributed by atoms with Crippen molar-refractivity contribution in [1.82, 2.24) is 9.62 Å². The second kappa shape index (κ2) is 5.92. The fourth-order valence-corrected chi connectivity index (χ4v) is 2.06. The summed E-state index contributed by atoms with van der Waals surface area (Å²) in [5.74, 6) is -0.793. The Morgan fingerprint density at radius 1 is 1.33 bits per heavy atom. The first-order valence-electron chi connectivity index (χ1n) is 5.23. The summed E-state index contributed by atoms with van der Waals surface area (Å²) >= 11 is 0. The molecule has 0 saturated heterocycles. The van der Waals surface area contributed by atoms with E-state index in [1.54, 1.807) is 0 Å². The second-order valence-corrected chi connectivity index (χ2v) is 5.81. The number of hydrogen-bond acceptors (Lipinski definition) is 3. The fourth-order valence-electron chi connectivity index (χ4n) is 1.32. The summed E-state index contributed by atoms with van der Waals surface area (Å²) in [4.78, 5) is 11.2. The maximum absolute atomic E-state index is 12.7. The van der Waals surface area contributed by atoms with Crippen molar-refractivity contribution >= 4 is 15.9 Å². The van der Waals surface area contributed by atoms with Crippen LogP contribution in [0.3, 0.4) is 0 Å². The molecular weight excluding hydrogens is 259 g/mol. The van der Waals surface area contributed by atoms with Gasteiger partial charge >= 0.3 is 0 Å². The molecule has 0 aliphatic heterocycles. The SMILES string of the molecule is CNC(=O)CN(Cc1ccc(F)cc1)S(C)(=O)=O. The summed E-state index contributed by atoms with van der Waals surface area (Å²) in [6.07, 6.45) is 1.03. The zero-order valence-corrected chi connectivity index (χ0v) is 11.0. The molecule has 1 rings (SSSR count). The van der Waals surface area contributed by atoms with Crippen LogP contribution in [0, 0.1) is 5.82 Å². The summed E-state index contributed by atoms with van der Waals surface area (Å²) in [6, 6.07) is 5.46. The fraction of sp³-hybridized carbons (Fsp3) is 0.364. The van der Waals surface area contributed by atoms with Crippen LogP contribution in [0.25, 0.3) is 0 Å². The molecule has 1 aromatic rings. The molecule has 1 aromatic carbocycles. The summed E-state index contributed by atoms with van der Waals surface area (Å²) < 4.78 is 36.8. The minimum absolute atomic E-state index is 0.0343. The number of carbonyl (C=O) groups excluding carboxylic acids is 1. The van der Waals surface area contributed by atoms with Crippen LogP contribution in [0.2, 0.25) is 0 Å². The van der Waals surface area contributed by atoms with Crippen LogP contribution >= 0.6 is 0 Å². The number of rotatable bonds is 5. The van der Waals surface area contributed by atoms with E-state index in [0.29, 0.717) is 5.56 Å². The topological polar surface area (TPSA) is 66.5 Å². The average Bonchev–Trinajstić information content (AvgIpc) is 2.29. The van der Waals surface area contributed by atoms with E-state index in [1.807, 2.05) is 0 Å². The molecule has 7 heteroatoms. The molecule has 0 radical (unpaired) electrons. The number of nitrogens with one attached hydrogen (secondary N) is 1. The first-order valence-corrected chi connectivity index (χ1v) is 7.08. The van der Waals surface area contributed by atoms with Gasteiger partial charge in [-0.1, -0.05) is 12.1 Å². The summed E-state index contributed by atoms with van der Waals surface area (Å²) in [5, 5.41) is 2.36. The van der Waals surface area contributed by atoms with Crippen molar-refractivity contribution in [3.63, 3.8) is 0 Å². The Labute approximate surface area is 106 Å². The molecule has 0 heterocycles. The van der Waals surface area contributed by atoms with Gasteiger partial charge in [0.1, 0.15) is 5.82 Å². The van der Waals surface area contributed by atoms with Gasteiger partial charge in [0.15, 0.2) is 0 Å². The van der Waals surface area contributed by atoms with Crippen molar-refractivity contribution in [2.24, 2.45) is 0 Å². The Kier molecular flexibility index (Phi) is 4.80. The van der Waals surface area contributed by atoms with Gasteiger partial charge in [-0.25, -0.2) is 12.8 Å². The second-order valence-electron chi connectivity index (χ2n) is 3.83. The maximum atomic E-state index is 12.7. The number of hydrogen-bond donors (Lipinski definition) is 1. The number of benzene rings is 1. The number of likely N-dealkylation sites (N-methyl/N-ethyl adjacent to an activating group) is 1. The molecule has 0 atom stereocenters. The van der Waals surface area contributed by atoms with Crippen LogP contribution in [0.5, 0.6) is 0 Å². The van der Waals surface area contributed by atoms with Gasteiger partial charge in [-0.3, -0.25) is 4.79 Å². The largest absolute Gasteiger partial charge is 0.358 e. The maximum Gasteiger partial charge on any atom is 0.235 e. The highest BCUT2D eigenvalue weighted by atomic mass is 32.2. The summed E-state index contributed by atoms with van der Waals surface area (Å²) in [6.45, 7) is -0.223. The van der Waals surface area contributed by atoms with Crippen molar-refractivity contribution in [1.29, 1.82) is 0 Å². The molecule has 0 spiro atoms. The van der Waals surface area contributed by atoms with Gasteiger partial charge in [0.2, 0.25) is 15.9 Å². The van der Waals surface area contributed by atoms with Gasteiger partial charge in [0.25, 0.3) is 0 Å². The minimum atomic E-state index is -3.50. The molecule has 1 N–H and O–H groups in total. The molecule has 0 fully saturated rings. The van der Waals surface area contributed by atoms with Crippen LogP contribution in [-0.2, 0) is 21.4 Å². The first kappa shape index (κ1) is 14.6. The van der Waals surface area contributed by atoms with E-state index in [-0.39, 0.29) is 13.1 Å². The third-order valence-electron chi connectivity index (χ3n) is 2.34. The Hall–Kier alpha value is -1.47. The zero-order valence-electron chi connectivity index (χ0n) is 10.2. The highest BCUT2D eigenvalue weighted by Gasteiger charge is 2.19. The highest BCUT2D eigenvalue weighted by Crippen LogP contribution is 2.09. The van der Waals surface area contributed by atoms with E-state index >= 15 is 0 Å². The Morgan fingerprint density at radius 2 is 1.89 bits per heavy atom. The number of amides is 1. The van der Waals surface area contributed by atoms with E-state index in [9.17, 15) is 17.6 Å². The number of sulfonamides is 1. The van der Waals surface area contributed by atoms with Gasteiger partial charge in [-0.2, -0.15) is 4.31 Å². The van der Waals surface area contributed by atoms with Gasteiger partial charge in [-0.05, 0) is 17.7 Å². The van der Waals surface area contributed by atoms with Crippen LogP contribution in [0.4, 0.5) is 4.39 Å². The molecule has 0 aliphatic carbocycles. The van der Waals surface area contributed by atoms with E-state index in [1.165, 1.54) is 31.3 Å². The standard InChI is InChI=1S/C11H15FN2O3S/c1-13-11(15)8-14(18(2,16)17)7-9-3-5-10(12)6-4-9/h3-6H,7-8H2,1-2H3,(H,13,15). The molecule has 100 valence electrons. The summed E-state index contributed by atoms with van der Waals surface area (Å²) in [7, 11) is -2.07. The van der Waals surface area contributed by atoms with Crippen molar-refractivity contribution < 1.29 is 17.6 Å². The van der Waals surface area contributed by atoms with Gasteiger partial charge in [0, 0.05) is 13.6 Å².